The van der Waals surface area contributed by atoms with E-state index in [2.05, 4.69) is 13.8 Å². The van der Waals surface area contributed by atoms with E-state index < -0.39 is 0 Å². The zero-order valence-corrected chi connectivity index (χ0v) is 7.45. The van der Waals surface area contributed by atoms with Gasteiger partial charge < -0.3 is 5.73 Å². The maximum atomic E-state index is 5.29. The topological polar surface area (TPSA) is 26.0 Å². The molecule has 0 aromatic carbocycles. The lowest BCUT2D eigenvalue weighted by molar-refractivity contribution is 0.886. The van der Waals surface area contributed by atoms with Crippen LogP contribution in [-0.2, 0) is 0 Å². The van der Waals surface area contributed by atoms with E-state index in [0.29, 0.717) is 0 Å². The molecular formula is C8H15NS. The quantitative estimate of drug-likeness (QED) is 0.666. The van der Waals surface area contributed by atoms with E-state index in [1.165, 1.54) is 12.8 Å². The fourth-order valence-corrected chi connectivity index (χ4v) is 0.825. The molecule has 0 saturated carbocycles. The van der Waals surface area contributed by atoms with Crippen LogP contribution in [0, 0.1) is 0 Å². The Morgan fingerprint density at radius 3 is 2.10 bits per heavy atom. The molecule has 10 heavy (non-hydrogen) atoms. The molecule has 1 heterocycles. The van der Waals surface area contributed by atoms with E-state index >= 15 is 0 Å². The van der Waals surface area contributed by atoms with Crippen molar-refractivity contribution < 1.29 is 0 Å². The minimum absolute atomic E-state index is 0.861. The first-order chi connectivity index (χ1) is 4.81. The van der Waals surface area contributed by atoms with Crippen LogP contribution in [0.5, 0.6) is 0 Å². The maximum Gasteiger partial charge on any atom is 0.0422 e. The van der Waals surface area contributed by atoms with Gasteiger partial charge in [0, 0.05) is 11.1 Å². The van der Waals surface area contributed by atoms with Crippen LogP contribution in [0.4, 0.5) is 5.69 Å². The first kappa shape index (κ1) is 9.50. The molecule has 0 spiro atoms. The Morgan fingerprint density at radius 2 is 2.00 bits per heavy atom. The van der Waals surface area contributed by atoms with Gasteiger partial charge in [-0.15, -0.1) is 0 Å². The van der Waals surface area contributed by atoms with Crippen molar-refractivity contribution in [3.8, 4) is 0 Å². The van der Waals surface area contributed by atoms with E-state index in [1.54, 1.807) is 11.3 Å². The number of anilines is 1. The highest BCUT2D eigenvalue weighted by atomic mass is 32.1. The molecule has 2 heteroatoms. The fourth-order valence-electron chi connectivity index (χ4n) is 0.275. The summed E-state index contributed by atoms with van der Waals surface area (Å²) in [6.45, 7) is 4.36. The van der Waals surface area contributed by atoms with Gasteiger partial charge >= 0.3 is 0 Å². The summed E-state index contributed by atoms with van der Waals surface area (Å²) < 4.78 is 0. The summed E-state index contributed by atoms with van der Waals surface area (Å²) in [5.74, 6) is 0. The Kier molecular flexibility index (Phi) is 6.29. The summed E-state index contributed by atoms with van der Waals surface area (Å²) in [6, 6.07) is 1.88. The molecule has 0 radical (unpaired) electrons. The first-order valence-electron chi connectivity index (χ1n) is 3.58. The first-order valence-corrected chi connectivity index (χ1v) is 4.53. The molecule has 1 aromatic heterocycles. The van der Waals surface area contributed by atoms with Crippen LogP contribution in [0.3, 0.4) is 0 Å². The molecule has 0 atom stereocenters. The van der Waals surface area contributed by atoms with Gasteiger partial charge in [-0.1, -0.05) is 26.7 Å². The standard InChI is InChI=1S/C4H5NS.C4H10/c5-4-1-2-6-3-4;1-3-4-2/h1-3H,5H2;3-4H2,1-2H3. The number of thiophene rings is 1. The summed E-state index contributed by atoms with van der Waals surface area (Å²) in [5.41, 5.74) is 6.15. The molecule has 1 rings (SSSR count). The third-order valence-corrected chi connectivity index (χ3v) is 1.74. The monoisotopic (exact) mass is 157 g/mol. The van der Waals surface area contributed by atoms with Crippen LogP contribution in [0.2, 0.25) is 0 Å². The number of hydrogen-bond donors (Lipinski definition) is 1. The minimum Gasteiger partial charge on any atom is -0.398 e. The van der Waals surface area contributed by atoms with Gasteiger partial charge in [-0.3, -0.25) is 0 Å². The number of nitrogens with two attached hydrogens (primary N) is 1. The van der Waals surface area contributed by atoms with Crippen LogP contribution in [-0.4, -0.2) is 0 Å². The number of rotatable bonds is 1. The predicted molar refractivity (Wildman–Crippen MR) is 49.3 cm³/mol. The Balaban J connectivity index is 0.000000180. The molecule has 0 aliphatic rings. The second-order valence-electron chi connectivity index (χ2n) is 2.06. The van der Waals surface area contributed by atoms with E-state index in [0.717, 1.165) is 5.69 Å². The summed E-state index contributed by atoms with van der Waals surface area (Å²) in [7, 11) is 0. The highest BCUT2D eigenvalue weighted by molar-refractivity contribution is 7.08. The lowest BCUT2D eigenvalue weighted by Crippen LogP contribution is -1.74. The van der Waals surface area contributed by atoms with Crippen LogP contribution < -0.4 is 5.73 Å². The normalized spacial score (nSPS) is 8.20. The van der Waals surface area contributed by atoms with Gasteiger partial charge in [-0.25, -0.2) is 0 Å². The largest absolute Gasteiger partial charge is 0.398 e. The van der Waals surface area contributed by atoms with Crippen LogP contribution in [0.1, 0.15) is 26.7 Å². The molecule has 1 nitrogen and oxygen atoms in total. The third-order valence-electron chi connectivity index (χ3n) is 1.04. The van der Waals surface area contributed by atoms with Gasteiger partial charge in [0.25, 0.3) is 0 Å². The Bertz CT molecular complexity index is 133. The smallest absolute Gasteiger partial charge is 0.0422 e. The molecule has 0 unspecified atom stereocenters. The van der Waals surface area contributed by atoms with Crippen molar-refractivity contribution in [3.05, 3.63) is 16.8 Å². The summed E-state index contributed by atoms with van der Waals surface area (Å²) in [6.07, 6.45) is 2.64. The van der Waals surface area contributed by atoms with Gasteiger partial charge in [0.05, 0.1) is 0 Å². The second-order valence-corrected chi connectivity index (χ2v) is 2.84. The van der Waals surface area contributed by atoms with Gasteiger partial charge in [-0.05, 0) is 11.4 Å². The van der Waals surface area contributed by atoms with Crippen molar-refractivity contribution in [2.24, 2.45) is 0 Å². The van der Waals surface area contributed by atoms with Gasteiger partial charge in [0.1, 0.15) is 0 Å². The molecule has 0 aliphatic heterocycles. The molecule has 0 amide bonds. The van der Waals surface area contributed by atoms with Crippen molar-refractivity contribution in [1.82, 2.24) is 0 Å². The minimum atomic E-state index is 0.861. The van der Waals surface area contributed by atoms with Crippen molar-refractivity contribution >= 4 is 17.0 Å². The van der Waals surface area contributed by atoms with Crippen molar-refractivity contribution in [2.45, 2.75) is 26.7 Å². The number of nitrogen functional groups attached to an aromatic ring is 1. The molecular weight excluding hydrogens is 142 g/mol. The average molecular weight is 157 g/mol. The lowest BCUT2D eigenvalue weighted by atomic mass is 10.4. The van der Waals surface area contributed by atoms with Crippen molar-refractivity contribution in [1.29, 1.82) is 0 Å². The Morgan fingerprint density at radius 1 is 1.40 bits per heavy atom. The summed E-state index contributed by atoms with van der Waals surface area (Å²) >= 11 is 1.61. The van der Waals surface area contributed by atoms with Gasteiger partial charge in [0.2, 0.25) is 0 Å². The molecule has 0 bridgehead atoms. The third kappa shape index (κ3) is 5.63. The molecule has 58 valence electrons. The highest BCUT2D eigenvalue weighted by Gasteiger charge is 1.74. The maximum absolute atomic E-state index is 5.29. The Labute approximate surface area is 66.9 Å². The fraction of sp³-hybridized carbons (Fsp3) is 0.500. The van der Waals surface area contributed by atoms with Gasteiger partial charge in [-0.2, -0.15) is 11.3 Å². The average Bonchev–Trinajstić information content (AvgIpc) is 2.40. The molecule has 0 saturated heterocycles. The SMILES string of the molecule is CCCC.Nc1ccsc1. The molecule has 1 aromatic rings. The zero-order valence-electron chi connectivity index (χ0n) is 6.63. The van der Waals surface area contributed by atoms with E-state index in [-0.39, 0.29) is 0 Å². The molecule has 2 N–H and O–H groups in total. The summed E-state index contributed by atoms with van der Waals surface area (Å²) in [5, 5.41) is 3.86. The van der Waals surface area contributed by atoms with Crippen LogP contribution in [0.15, 0.2) is 16.8 Å². The molecule has 0 fully saturated rings. The van der Waals surface area contributed by atoms with Crippen molar-refractivity contribution in [2.75, 3.05) is 5.73 Å². The van der Waals surface area contributed by atoms with Crippen LogP contribution in [0.25, 0.3) is 0 Å². The van der Waals surface area contributed by atoms with E-state index in [4.69, 9.17) is 5.73 Å². The van der Waals surface area contributed by atoms with E-state index in [1.807, 2.05) is 16.8 Å². The zero-order chi connectivity index (χ0) is 7.82. The van der Waals surface area contributed by atoms with Crippen molar-refractivity contribution in [3.63, 3.8) is 0 Å². The van der Waals surface area contributed by atoms with Crippen LogP contribution >= 0.6 is 11.3 Å². The predicted octanol–water partition coefficient (Wildman–Crippen LogP) is 3.14. The number of hydrogen-bond acceptors (Lipinski definition) is 2. The lowest BCUT2D eigenvalue weighted by Gasteiger charge is -1.68. The summed E-state index contributed by atoms with van der Waals surface area (Å²) in [4.78, 5) is 0. The number of unbranched alkanes of at least 4 members (excludes halogenated alkanes) is 1. The second kappa shape index (κ2) is 6.62. The highest BCUT2D eigenvalue weighted by Crippen LogP contribution is 2.05. The molecule has 0 aliphatic carbocycles. The van der Waals surface area contributed by atoms with Gasteiger partial charge in [0.15, 0.2) is 0 Å². The Hall–Kier alpha value is -0.500. The van der Waals surface area contributed by atoms with E-state index in [9.17, 15) is 0 Å².